The lowest BCUT2D eigenvalue weighted by Gasteiger charge is -2.28. The van der Waals surface area contributed by atoms with E-state index in [4.69, 9.17) is 0 Å². The molecular weight excluding hydrogens is 184 g/mol. The van der Waals surface area contributed by atoms with Crippen LogP contribution in [0.3, 0.4) is 0 Å². The second kappa shape index (κ2) is 5.15. The van der Waals surface area contributed by atoms with Crippen LogP contribution >= 0.6 is 0 Å². The highest BCUT2D eigenvalue weighted by molar-refractivity contribution is 5.34. The molecule has 0 radical (unpaired) electrons. The second-order valence-corrected chi connectivity index (χ2v) is 4.55. The molecule has 0 bridgehead atoms. The van der Waals surface area contributed by atoms with Crippen molar-refractivity contribution in [1.29, 1.82) is 0 Å². The molecule has 1 aromatic rings. The molecule has 1 fully saturated rings. The summed E-state index contributed by atoms with van der Waals surface area (Å²) in [7, 11) is 0. The summed E-state index contributed by atoms with van der Waals surface area (Å²) in [6.45, 7) is 2.28. The van der Waals surface area contributed by atoms with Crippen molar-refractivity contribution in [2.75, 3.05) is 5.32 Å². The van der Waals surface area contributed by atoms with Crippen molar-refractivity contribution in [1.82, 2.24) is 4.98 Å². The predicted octanol–water partition coefficient (Wildman–Crippen LogP) is 3.46. The third-order valence-electron chi connectivity index (χ3n) is 3.40. The van der Waals surface area contributed by atoms with E-state index in [2.05, 4.69) is 17.2 Å². The Bertz CT molecular complexity index is 278. The SMILES string of the molecule is C[C@H](Nc1ccccn1)C1CCCCC1. The first-order chi connectivity index (χ1) is 7.36. The van der Waals surface area contributed by atoms with Gasteiger partial charge < -0.3 is 5.32 Å². The van der Waals surface area contributed by atoms with E-state index in [0.29, 0.717) is 6.04 Å². The van der Waals surface area contributed by atoms with Crippen LogP contribution < -0.4 is 5.32 Å². The molecule has 1 heterocycles. The number of anilines is 1. The summed E-state index contributed by atoms with van der Waals surface area (Å²) in [6.07, 6.45) is 8.82. The van der Waals surface area contributed by atoms with E-state index in [1.165, 1.54) is 32.1 Å². The topological polar surface area (TPSA) is 24.9 Å². The van der Waals surface area contributed by atoms with E-state index >= 15 is 0 Å². The molecule has 82 valence electrons. The first-order valence-electron chi connectivity index (χ1n) is 6.04. The summed E-state index contributed by atoms with van der Waals surface area (Å²) in [5, 5.41) is 3.50. The quantitative estimate of drug-likeness (QED) is 0.815. The van der Waals surface area contributed by atoms with Crippen molar-refractivity contribution in [3.8, 4) is 0 Å². The maximum atomic E-state index is 4.30. The molecule has 0 amide bonds. The smallest absolute Gasteiger partial charge is 0.126 e. The fourth-order valence-corrected chi connectivity index (χ4v) is 2.43. The first kappa shape index (κ1) is 10.5. The van der Waals surface area contributed by atoms with Crippen molar-refractivity contribution in [3.63, 3.8) is 0 Å². The lowest BCUT2D eigenvalue weighted by Crippen LogP contribution is -2.27. The maximum Gasteiger partial charge on any atom is 0.126 e. The summed E-state index contributed by atoms with van der Waals surface area (Å²) < 4.78 is 0. The van der Waals surface area contributed by atoms with Crippen LogP contribution in [0.25, 0.3) is 0 Å². The fraction of sp³-hybridized carbons (Fsp3) is 0.615. The minimum atomic E-state index is 0.556. The molecule has 0 aliphatic heterocycles. The average Bonchev–Trinajstić information content (AvgIpc) is 2.31. The summed E-state index contributed by atoms with van der Waals surface area (Å²) in [5.74, 6) is 1.84. The third-order valence-corrected chi connectivity index (χ3v) is 3.40. The molecule has 0 spiro atoms. The van der Waals surface area contributed by atoms with Gasteiger partial charge in [-0.25, -0.2) is 4.98 Å². The van der Waals surface area contributed by atoms with Gasteiger partial charge in [0, 0.05) is 12.2 Å². The minimum Gasteiger partial charge on any atom is -0.367 e. The molecule has 2 heteroatoms. The van der Waals surface area contributed by atoms with Gasteiger partial charge in [-0.1, -0.05) is 25.3 Å². The van der Waals surface area contributed by atoms with Crippen LogP contribution in [0, 0.1) is 5.92 Å². The Hall–Kier alpha value is -1.05. The van der Waals surface area contributed by atoms with Gasteiger partial charge in [0.1, 0.15) is 5.82 Å². The van der Waals surface area contributed by atoms with Crippen LogP contribution in [0.2, 0.25) is 0 Å². The molecule has 1 saturated carbocycles. The Morgan fingerprint density at radius 1 is 1.27 bits per heavy atom. The zero-order chi connectivity index (χ0) is 10.5. The van der Waals surface area contributed by atoms with Gasteiger partial charge in [0.05, 0.1) is 0 Å². The van der Waals surface area contributed by atoms with E-state index in [0.717, 1.165) is 11.7 Å². The van der Waals surface area contributed by atoms with E-state index < -0.39 is 0 Å². The number of aromatic nitrogens is 1. The predicted molar refractivity (Wildman–Crippen MR) is 63.9 cm³/mol. The van der Waals surface area contributed by atoms with Gasteiger partial charge in [-0.2, -0.15) is 0 Å². The van der Waals surface area contributed by atoms with E-state index in [1.807, 2.05) is 24.4 Å². The number of nitrogens with zero attached hydrogens (tertiary/aromatic N) is 1. The molecule has 0 saturated heterocycles. The Labute approximate surface area is 92.1 Å². The van der Waals surface area contributed by atoms with Crippen LogP contribution in [0.1, 0.15) is 39.0 Å². The molecule has 0 aromatic carbocycles. The number of pyridine rings is 1. The Balaban J connectivity index is 1.88. The van der Waals surface area contributed by atoms with Gasteiger partial charge >= 0.3 is 0 Å². The van der Waals surface area contributed by atoms with E-state index in [-0.39, 0.29) is 0 Å². The molecular formula is C13H20N2. The van der Waals surface area contributed by atoms with Gasteiger partial charge in [0.25, 0.3) is 0 Å². The van der Waals surface area contributed by atoms with Crippen molar-refractivity contribution >= 4 is 5.82 Å². The average molecular weight is 204 g/mol. The molecule has 1 aliphatic rings. The van der Waals surface area contributed by atoms with Crippen molar-refractivity contribution in [3.05, 3.63) is 24.4 Å². The van der Waals surface area contributed by atoms with Crippen molar-refractivity contribution < 1.29 is 0 Å². The summed E-state index contributed by atoms with van der Waals surface area (Å²) in [5.41, 5.74) is 0. The number of hydrogen-bond acceptors (Lipinski definition) is 2. The van der Waals surface area contributed by atoms with Gasteiger partial charge in [0.2, 0.25) is 0 Å². The molecule has 2 rings (SSSR count). The molecule has 1 N–H and O–H groups in total. The summed E-state index contributed by atoms with van der Waals surface area (Å²) >= 11 is 0. The second-order valence-electron chi connectivity index (χ2n) is 4.55. The normalized spacial score (nSPS) is 19.8. The van der Waals surface area contributed by atoms with Gasteiger partial charge in [0.15, 0.2) is 0 Å². The largest absolute Gasteiger partial charge is 0.367 e. The number of hydrogen-bond donors (Lipinski definition) is 1. The van der Waals surface area contributed by atoms with Crippen LogP contribution in [0.15, 0.2) is 24.4 Å². The van der Waals surface area contributed by atoms with Gasteiger partial charge in [-0.05, 0) is 37.8 Å². The van der Waals surface area contributed by atoms with Crippen LogP contribution in [0.4, 0.5) is 5.82 Å². The highest BCUT2D eigenvalue weighted by Crippen LogP contribution is 2.27. The lowest BCUT2D eigenvalue weighted by atomic mass is 9.84. The molecule has 1 atom stereocenters. The van der Waals surface area contributed by atoms with Crippen LogP contribution in [0.5, 0.6) is 0 Å². The molecule has 15 heavy (non-hydrogen) atoms. The monoisotopic (exact) mass is 204 g/mol. The lowest BCUT2D eigenvalue weighted by molar-refractivity contribution is 0.328. The Kier molecular flexibility index (Phi) is 3.59. The number of rotatable bonds is 3. The van der Waals surface area contributed by atoms with Crippen LogP contribution in [-0.2, 0) is 0 Å². The Morgan fingerprint density at radius 2 is 2.07 bits per heavy atom. The number of nitrogens with one attached hydrogen (secondary N) is 1. The van der Waals surface area contributed by atoms with E-state index in [9.17, 15) is 0 Å². The first-order valence-corrected chi connectivity index (χ1v) is 6.04. The molecule has 1 aliphatic carbocycles. The van der Waals surface area contributed by atoms with Gasteiger partial charge in [-0.3, -0.25) is 0 Å². The maximum absolute atomic E-state index is 4.30. The van der Waals surface area contributed by atoms with Crippen LogP contribution in [-0.4, -0.2) is 11.0 Å². The highest BCUT2D eigenvalue weighted by Gasteiger charge is 2.19. The zero-order valence-corrected chi connectivity index (χ0v) is 9.45. The summed E-state index contributed by atoms with van der Waals surface area (Å²) in [6, 6.07) is 6.58. The van der Waals surface area contributed by atoms with Gasteiger partial charge in [-0.15, -0.1) is 0 Å². The fourth-order valence-electron chi connectivity index (χ4n) is 2.43. The highest BCUT2D eigenvalue weighted by atomic mass is 15.0. The molecule has 0 unspecified atom stereocenters. The standard InChI is InChI=1S/C13H20N2/c1-11(12-7-3-2-4-8-12)15-13-9-5-6-10-14-13/h5-6,9-12H,2-4,7-8H2,1H3,(H,14,15)/t11-/m0/s1. The zero-order valence-electron chi connectivity index (χ0n) is 9.45. The minimum absolute atomic E-state index is 0.556. The third kappa shape index (κ3) is 2.95. The molecule has 2 nitrogen and oxygen atoms in total. The van der Waals surface area contributed by atoms with E-state index in [1.54, 1.807) is 0 Å². The Morgan fingerprint density at radius 3 is 2.73 bits per heavy atom. The molecule has 1 aromatic heterocycles. The summed E-state index contributed by atoms with van der Waals surface area (Å²) in [4.78, 5) is 4.30. The van der Waals surface area contributed by atoms with Crippen molar-refractivity contribution in [2.45, 2.75) is 45.1 Å². The van der Waals surface area contributed by atoms with Crippen molar-refractivity contribution in [2.24, 2.45) is 5.92 Å².